The Morgan fingerprint density at radius 1 is 1.20 bits per heavy atom. The summed E-state index contributed by atoms with van der Waals surface area (Å²) in [6, 6.07) is 7.51. The summed E-state index contributed by atoms with van der Waals surface area (Å²) in [6.45, 7) is 6.42. The van der Waals surface area contributed by atoms with Crippen molar-refractivity contribution in [3.63, 3.8) is 0 Å². The van der Waals surface area contributed by atoms with Crippen LogP contribution in [0.4, 0.5) is 0 Å². The van der Waals surface area contributed by atoms with E-state index in [0.717, 1.165) is 37.5 Å². The van der Waals surface area contributed by atoms with Gasteiger partial charge in [0.1, 0.15) is 0 Å². The Kier molecular flexibility index (Phi) is 9.42. The summed E-state index contributed by atoms with van der Waals surface area (Å²) in [7, 11) is -3.15. The van der Waals surface area contributed by atoms with Gasteiger partial charge in [-0.1, -0.05) is 25.0 Å². The molecule has 0 saturated heterocycles. The normalized spacial score (nSPS) is 23.0. The van der Waals surface area contributed by atoms with Crippen LogP contribution >= 0.6 is 24.0 Å². The molecule has 170 valence electrons. The molecule has 2 fully saturated rings. The molecule has 30 heavy (non-hydrogen) atoms. The second kappa shape index (κ2) is 11.1. The van der Waals surface area contributed by atoms with Gasteiger partial charge in [0.2, 0.25) is 0 Å². The van der Waals surface area contributed by atoms with Crippen molar-refractivity contribution < 1.29 is 13.2 Å². The van der Waals surface area contributed by atoms with Crippen LogP contribution in [-0.4, -0.2) is 52.5 Å². The zero-order chi connectivity index (χ0) is 20.9. The molecule has 2 aliphatic rings. The lowest BCUT2D eigenvalue weighted by atomic mass is 9.60. The van der Waals surface area contributed by atoms with Gasteiger partial charge in [0.05, 0.1) is 11.0 Å². The molecule has 1 aromatic carbocycles. The van der Waals surface area contributed by atoms with E-state index in [0.29, 0.717) is 23.6 Å². The number of hydrogen-bond acceptors (Lipinski definition) is 4. The summed E-state index contributed by atoms with van der Waals surface area (Å²) in [5.41, 5.74) is 1.36. The second-order valence-corrected chi connectivity index (χ2v) is 10.3. The highest BCUT2D eigenvalue weighted by atomic mass is 127. The standard InChI is InChI=1S/C22H35N3O3S.HI/c1-4-23-21(24-15-12-17-8-10-18(11-9-17)29(3,26)27)25-19-16-20(28-5-2)22(19)13-6-7-14-22;/h8-11,19-20H,4-7,12-16H2,1-3H3,(H2,23,24,25);1H. The molecular weight excluding hydrogens is 513 g/mol. The molecule has 1 aromatic rings. The third-order valence-electron chi connectivity index (χ3n) is 6.36. The van der Waals surface area contributed by atoms with Gasteiger partial charge < -0.3 is 15.4 Å². The average molecular weight is 550 g/mol. The maximum atomic E-state index is 11.6. The predicted molar refractivity (Wildman–Crippen MR) is 133 cm³/mol. The molecule has 2 N–H and O–H groups in total. The van der Waals surface area contributed by atoms with E-state index in [9.17, 15) is 8.42 Å². The van der Waals surface area contributed by atoms with Crippen LogP contribution in [0.5, 0.6) is 0 Å². The first kappa shape index (κ1) is 25.4. The lowest BCUT2D eigenvalue weighted by molar-refractivity contribution is -0.125. The fourth-order valence-electron chi connectivity index (χ4n) is 4.77. The second-order valence-electron chi connectivity index (χ2n) is 8.24. The Morgan fingerprint density at radius 3 is 2.43 bits per heavy atom. The zero-order valence-corrected chi connectivity index (χ0v) is 21.5. The molecule has 2 atom stereocenters. The first-order chi connectivity index (χ1) is 13.9. The van der Waals surface area contributed by atoms with Gasteiger partial charge in [0, 0.05) is 37.4 Å². The van der Waals surface area contributed by atoms with Crippen molar-refractivity contribution in [3.8, 4) is 0 Å². The lowest BCUT2D eigenvalue weighted by Crippen LogP contribution is -2.65. The highest BCUT2D eigenvalue weighted by Crippen LogP contribution is 2.54. The Morgan fingerprint density at radius 2 is 1.87 bits per heavy atom. The Bertz CT molecular complexity index is 805. The first-order valence-corrected chi connectivity index (χ1v) is 12.7. The molecule has 0 amide bonds. The van der Waals surface area contributed by atoms with Gasteiger partial charge in [0.25, 0.3) is 0 Å². The predicted octanol–water partition coefficient (Wildman–Crippen LogP) is 3.54. The minimum Gasteiger partial charge on any atom is -0.378 e. The van der Waals surface area contributed by atoms with E-state index in [1.807, 2.05) is 12.1 Å². The summed E-state index contributed by atoms with van der Waals surface area (Å²) in [4.78, 5) is 5.12. The third kappa shape index (κ3) is 5.88. The van der Waals surface area contributed by atoms with Gasteiger partial charge in [-0.3, -0.25) is 4.99 Å². The van der Waals surface area contributed by atoms with Crippen LogP contribution in [0.3, 0.4) is 0 Å². The van der Waals surface area contributed by atoms with Crippen molar-refractivity contribution >= 4 is 39.8 Å². The summed E-state index contributed by atoms with van der Waals surface area (Å²) in [6.07, 6.45) is 8.49. The Labute approximate surface area is 198 Å². The van der Waals surface area contributed by atoms with E-state index in [1.165, 1.54) is 31.9 Å². The number of aliphatic imine (C=N–C) groups is 1. The summed E-state index contributed by atoms with van der Waals surface area (Å²) in [5, 5.41) is 7.04. The highest BCUT2D eigenvalue weighted by Gasteiger charge is 2.56. The van der Waals surface area contributed by atoms with E-state index in [-0.39, 0.29) is 29.4 Å². The van der Waals surface area contributed by atoms with E-state index < -0.39 is 9.84 Å². The molecule has 2 aliphatic carbocycles. The monoisotopic (exact) mass is 549 g/mol. The van der Waals surface area contributed by atoms with Crippen LogP contribution in [0, 0.1) is 5.41 Å². The molecule has 6 nitrogen and oxygen atoms in total. The summed E-state index contributed by atoms with van der Waals surface area (Å²) < 4.78 is 29.2. The number of nitrogens with zero attached hydrogens (tertiary/aromatic N) is 1. The number of halogens is 1. The van der Waals surface area contributed by atoms with E-state index in [2.05, 4.69) is 24.5 Å². The third-order valence-corrected chi connectivity index (χ3v) is 7.49. The quantitative estimate of drug-likeness (QED) is 0.295. The van der Waals surface area contributed by atoms with Gasteiger partial charge >= 0.3 is 0 Å². The minimum atomic E-state index is -3.15. The van der Waals surface area contributed by atoms with Crippen molar-refractivity contribution in [1.82, 2.24) is 10.6 Å². The van der Waals surface area contributed by atoms with E-state index in [4.69, 9.17) is 9.73 Å². The molecular formula is C22H36IN3O3S. The molecule has 1 spiro atoms. The molecule has 8 heteroatoms. The molecule has 2 unspecified atom stereocenters. The van der Waals surface area contributed by atoms with Gasteiger partial charge in [-0.05, 0) is 57.2 Å². The number of guanidine groups is 1. The first-order valence-electron chi connectivity index (χ1n) is 10.8. The minimum absolute atomic E-state index is 0. The number of benzene rings is 1. The van der Waals surface area contributed by atoms with Crippen LogP contribution in [0.2, 0.25) is 0 Å². The number of nitrogens with one attached hydrogen (secondary N) is 2. The largest absolute Gasteiger partial charge is 0.378 e. The maximum absolute atomic E-state index is 11.6. The fraction of sp³-hybridized carbons (Fsp3) is 0.682. The van der Waals surface area contributed by atoms with Crippen molar-refractivity contribution in [2.45, 2.75) is 69.4 Å². The van der Waals surface area contributed by atoms with Crippen LogP contribution in [0.1, 0.15) is 51.5 Å². The maximum Gasteiger partial charge on any atom is 0.191 e. The molecule has 0 aromatic heterocycles. The van der Waals surface area contributed by atoms with Crippen molar-refractivity contribution in [3.05, 3.63) is 29.8 Å². The Balaban J connectivity index is 0.00000320. The van der Waals surface area contributed by atoms with Crippen LogP contribution in [0.25, 0.3) is 0 Å². The average Bonchev–Trinajstić information content (AvgIpc) is 3.20. The van der Waals surface area contributed by atoms with Crippen LogP contribution in [0.15, 0.2) is 34.2 Å². The number of sulfone groups is 1. The zero-order valence-electron chi connectivity index (χ0n) is 18.3. The Hall–Kier alpha value is -0.870. The van der Waals surface area contributed by atoms with E-state index >= 15 is 0 Å². The number of hydrogen-bond donors (Lipinski definition) is 2. The van der Waals surface area contributed by atoms with Crippen LogP contribution in [-0.2, 0) is 21.0 Å². The fourth-order valence-corrected chi connectivity index (χ4v) is 5.40. The van der Waals surface area contributed by atoms with Crippen LogP contribution < -0.4 is 10.6 Å². The van der Waals surface area contributed by atoms with Crippen molar-refractivity contribution in [2.75, 3.05) is 26.0 Å². The van der Waals surface area contributed by atoms with Gasteiger partial charge in [-0.2, -0.15) is 0 Å². The summed E-state index contributed by atoms with van der Waals surface area (Å²) >= 11 is 0. The number of ether oxygens (including phenoxy) is 1. The molecule has 0 radical (unpaired) electrons. The van der Waals surface area contributed by atoms with Crippen molar-refractivity contribution in [1.29, 1.82) is 0 Å². The van der Waals surface area contributed by atoms with Crippen molar-refractivity contribution in [2.24, 2.45) is 10.4 Å². The highest BCUT2D eigenvalue weighted by molar-refractivity contribution is 14.0. The molecule has 0 aliphatic heterocycles. The smallest absolute Gasteiger partial charge is 0.191 e. The van der Waals surface area contributed by atoms with Gasteiger partial charge in [-0.15, -0.1) is 24.0 Å². The summed E-state index contributed by atoms with van der Waals surface area (Å²) in [5.74, 6) is 0.867. The van der Waals surface area contributed by atoms with Gasteiger partial charge in [-0.25, -0.2) is 8.42 Å². The SMILES string of the molecule is CCNC(=NCCc1ccc(S(C)(=O)=O)cc1)NC1CC(OCC)C12CCCC2.I. The number of rotatable bonds is 8. The lowest BCUT2D eigenvalue weighted by Gasteiger charge is -2.54. The van der Waals surface area contributed by atoms with E-state index in [1.54, 1.807) is 12.1 Å². The van der Waals surface area contributed by atoms with Gasteiger partial charge in [0.15, 0.2) is 15.8 Å². The molecule has 0 heterocycles. The molecule has 0 bridgehead atoms. The molecule has 3 rings (SSSR count). The molecule has 2 saturated carbocycles. The topological polar surface area (TPSA) is 79.8 Å².